The van der Waals surface area contributed by atoms with Gasteiger partial charge in [-0.15, -0.1) is 0 Å². The molecule has 2 aromatic carbocycles. The molecule has 27 heavy (non-hydrogen) atoms. The van der Waals surface area contributed by atoms with Crippen LogP contribution in [0.3, 0.4) is 0 Å². The zero-order valence-corrected chi connectivity index (χ0v) is 15.5. The molecule has 2 aromatic rings. The van der Waals surface area contributed by atoms with E-state index < -0.39 is 5.97 Å². The normalized spacial score (nSPS) is 13.3. The number of nitrogens with one attached hydrogen (secondary N) is 2. The Labute approximate surface area is 159 Å². The molecule has 3 rings (SSSR count). The fourth-order valence-electron chi connectivity index (χ4n) is 3.14. The van der Waals surface area contributed by atoms with Gasteiger partial charge in [-0.2, -0.15) is 0 Å². The molecule has 6 nitrogen and oxygen atoms in total. The van der Waals surface area contributed by atoms with Gasteiger partial charge in [-0.05, 0) is 56.2 Å². The molecule has 0 atom stereocenters. The molecule has 1 heterocycles. The third kappa shape index (κ3) is 5.00. The third-order valence-corrected chi connectivity index (χ3v) is 4.48. The van der Waals surface area contributed by atoms with Crippen LogP contribution >= 0.6 is 0 Å². The van der Waals surface area contributed by atoms with Crippen LogP contribution in [-0.2, 0) is 9.53 Å². The SMILES string of the molecule is CCOC(=O)c1ccccc1NCC(=O)Nc1ccc(N2CCCC2)cc1. The number of hydrogen-bond acceptors (Lipinski definition) is 5. The molecular formula is C21H25N3O3. The van der Waals surface area contributed by atoms with Crippen LogP contribution in [-0.4, -0.2) is 38.1 Å². The number of esters is 1. The van der Waals surface area contributed by atoms with E-state index >= 15 is 0 Å². The number of carbonyl (C=O) groups is 2. The van der Waals surface area contributed by atoms with Crippen molar-refractivity contribution < 1.29 is 14.3 Å². The van der Waals surface area contributed by atoms with Crippen LogP contribution in [0, 0.1) is 0 Å². The van der Waals surface area contributed by atoms with E-state index in [1.807, 2.05) is 24.3 Å². The van der Waals surface area contributed by atoms with Crippen LogP contribution in [0.2, 0.25) is 0 Å². The predicted octanol–water partition coefficient (Wildman–Crippen LogP) is 3.51. The maximum absolute atomic E-state index is 12.2. The maximum atomic E-state index is 12.2. The first kappa shape index (κ1) is 18.8. The van der Waals surface area contributed by atoms with Gasteiger partial charge in [0.05, 0.1) is 18.7 Å². The first-order valence-corrected chi connectivity index (χ1v) is 9.32. The van der Waals surface area contributed by atoms with Crippen LogP contribution in [0.15, 0.2) is 48.5 Å². The highest BCUT2D eigenvalue weighted by Crippen LogP contribution is 2.22. The summed E-state index contributed by atoms with van der Waals surface area (Å²) in [6.45, 7) is 4.31. The number of benzene rings is 2. The molecule has 0 spiro atoms. The van der Waals surface area contributed by atoms with E-state index in [1.165, 1.54) is 18.5 Å². The van der Waals surface area contributed by atoms with Crippen LogP contribution in [0.4, 0.5) is 17.1 Å². The van der Waals surface area contributed by atoms with Crippen LogP contribution in [0.1, 0.15) is 30.1 Å². The Morgan fingerprint density at radius 2 is 1.74 bits per heavy atom. The smallest absolute Gasteiger partial charge is 0.340 e. The van der Waals surface area contributed by atoms with Gasteiger partial charge in [0.2, 0.25) is 5.91 Å². The molecule has 1 aliphatic heterocycles. The predicted molar refractivity (Wildman–Crippen MR) is 107 cm³/mol. The molecule has 1 aliphatic rings. The van der Waals surface area contributed by atoms with Gasteiger partial charge in [0, 0.05) is 30.2 Å². The van der Waals surface area contributed by atoms with E-state index in [2.05, 4.69) is 15.5 Å². The summed E-state index contributed by atoms with van der Waals surface area (Å²) in [5.41, 5.74) is 2.94. The molecule has 0 bridgehead atoms. The fraction of sp³-hybridized carbons (Fsp3) is 0.333. The second-order valence-corrected chi connectivity index (χ2v) is 6.41. The Kier molecular flexibility index (Phi) is 6.30. The van der Waals surface area contributed by atoms with Crippen LogP contribution < -0.4 is 15.5 Å². The molecule has 6 heteroatoms. The van der Waals surface area contributed by atoms with Crippen molar-refractivity contribution in [1.82, 2.24) is 0 Å². The number of amides is 1. The topological polar surface area (TPSA) is 70.7 Å². The minimum Gasteiger partial charge on any atom is -0.462 e. The van der Waals surface area contributed by atoms with E-state index in [4.69, 9.17) is 4.74 Å². The fourth-order valence-corrected chi connectivity index (χ4v) is 3.14. The van der Waals surface area contributed by atoms with Crippen LogP contribution in [0.5, 0.6) is 0 Å². The summed E-state index contributed by atoms with van der Waals surface area (Å²) in [7, 11) is 0. The molecule has 1 amide bonds. The van der Waals surface area contributed by atoms with Crippen molar-refractivity contribution in [3.05, 3.63) is 54.1 Å². The zero-order valence-electron chi connectivity index (χ0n) is 15.5. The number of anilines is 3. The average molecular weight is 367 g/mol. The Hall–Kier alpha value is -3.02. The zero-order chi connectivity index (χ0) is 19.1. The molecule has 1 saturated heterocycles. The van der Waals surface area contributed by atoms with E-state index in [0.717, 1.165) is 18.8 Å². The lowest BCUT2D eigenvalue weighted by Crippen LogP contribution is -2.23. The Balaban J connectivity index is 1.55. The summed E-state index contributed by atoms with van der Waals surface area (Å²) in [4.78, 5) is 26.6. The van der Waals surface area contributed by atoms with E-state index in [1.54, 1.807) is 31.2 Å². The maximum Gasteiger partial charge on any atom is 0.340 e. The van der Waals surface area contributed by atoms with Gasteiger partial charge in [-0.3, -0.25) is 4.79 Å². The van der Waals surface area contributed by atoms with Crippen molar-refractivity contribution >= 4 is 28.9 Å². The number of ether oxygens (including phenoxy) is 1. The molecular weight excluding hydrogens is 342 g/mol. The Bertz CT molecular complexity index is 784. The summed E-state index contributed by atoms with van der Waals surface area (Å²) >= 11 is 0. The van der Waals surface area contributed by atoms with Crippen molar-refractivity contribution in [2.24, 2.45) is 0 Å². The van der Waals surface area contributed by atoms with Gasteiger partial charge >= 0.3 is 5.97 Å². The standard InChI is InChI=1S/C21H25N3O3/c1-2-27-21(26)18-7-3-4-8-19(18)22-15-20(25)23-16-9-11-17(12-10-16)24-13-5-6-14-24/h3-4,7-12,22H,2,5-6,13-15H2,1H3,(H,23,25). The number of carbonyl (C=O) groups excluding carboxylic acids is 2. The molecule has 0 aromatic heterocycles. The van der Waals surface area contributed by atoms with Crippen LogP contribution in [0.25, 0.3) is 0 Å². The van der Waals surface area contributed by atoms with Crippen molar-refractivity contribution in [2.75, 3.05) is 41.8 Å². The van der Waals surface area contributed by atoms with Gasteiger partial charge < -0.3 is 20.3 Å². The molecule has 0 saturated carbocycles. The highest BCUT2D eigenvalue weighted by atomic mass is 16.5. The second-order valence-electron chi connectivity index (χ2n) is 6.41. The minimum atomic E-state index is -0.404. The quantitative estimate of drug-likeness (QED) is 0.733. The minimum absolute atomic E-state index is 0.0598. The van der Waals surface area contributed by atoms with Gasteiger partial charge in [-0.25, -0.2) is 4.79 Å². The second kappa shape index (κ2) is 9.07. The molecule has 0 radical (unpaired) electrons. The van der Waals surface area contributed by atoms with E-state index in [-0.39, 0.29) is 12.5 Å². The first-order chi connectivity index (χ1) is 13.2. The monoisotopic (exact) mass is 367 g/mol. The largest absolute Gasteiger partial charge is 0.462 e. The van der Waals surface area contributed by atoms with Crippen molar-refractivity contribution in [1.29, 1.82) is 0 Å². The van der Waals surface area contributed by atoms with Gasteiger partial charge in [0.15, 0.2) is 0 Å². The van der Waals surface area contributed by atoms with Gasteiger partial charge in [-0.1, -0.05) is 12.1 Å². The van der Waals surface area contributed by atoms with Crippen molar-refractivity contribution in [2.45, 2.75) is 19.8 Å². The number of nitrogens with zero attached hydrogens (tertiary/aromatic N) is 1. The lowest BCUT2D eigenvalue weighted by molar-refractivity contribution is -0.114. The average Bonchev–Trinajstić information content (AvgIpc) is 3.22. The summed E-state index contributed by atoms with van der Waals surface area (Å²) < 4.78 is 5.04. The summed E-state index contributed by atoms with van der Waals surface area (Å²) in [5, 5.41) is 5.88. The first-order valence-electron chi connectivity index (χ1n) is 9.32. The Morgan fingerprint density at radius 3 is 2.44 bits per heavy atom. The number of rotatable bonds is 7. The molecule has 0 unspecified atom stereocenters. The van der Waals surface area contributed by atoms with E-state index in [9.17, 15) is 9.59 Å². The lowest BCUT2D eigenvalue weighted by Gasteiger charge is -2.18. The Morgan fingerprint density at radius 1 is 1.04 bits per heavy atom. The summed E-state index contributed by atoms with van der Waals surface area (Å²) in [5.74, 6) is -0.582. The number of hydrogen-bond donors (Lipinski definition) is 2. The summed E-state index contributed by atoms with van der Waals surface area (Å²) in [6, 6.07) is 14.9. The summed E-state index contributed by atoms with van der Waals surface area (Å²) in [6.07, 6.45) is 2.47. The highest BCUT2D eigenvalue weighted by Gasteiger charge is 2.14. The highest BCUT2D eigenvalue weighted by molar-refractivity contribution is 5.98. The lowest BCUT2D eigenvalue weighted by atomic mass is 10.2. The number of para-hydroxylation sites is 1. The molecule has 142 valence electrons. The van der Waals surface area contributed by atoms with E-state index in [0.29, 0.717) is 17.9 Å². The molecule has 1 fully saturated rings. The third-order valence-electron chi connectivity index (χ3n) is 4.48. The van der Waals surface area contributed by atoms with Crippen molar-refractivity contribution in [3.8, 4) is 0 Å². The van der Waals surface area contributed by atoms with Gasteiger partial charge in [0.1, 0.15) is 0 Å². The molecule has 0 aliphatic carbocycles. The van der Waals surface area contributed by atoms with Gasteiger partial charge in [0.25, 0.3) is 0 Å². The molecule has 2 N–H and O–H groups in total. The van der Waals surface area contributed by atoms with Crippen molar-refractivity contribution in [3.63, 3.8) is 0 Å².